The van der Waals surface area contributed by atoms with Crippen LogP contribution in [0.5, 0.6) is 0 Å². The molecule has 0 saturated heterocycles. The minimum Gasteiger partial charge on any atom is -0.329 e. The average Bonchev–Trinajstić information content (AvgIpc) is 2.74. The second-order valence-electron chi connectivity index (χ2n) is 4.07. The van der Waals surface area contributed by atoms with Crippen LogP contribution in [0, 0.1) is 0 Å². The molecule has 1 aromatic carbocycles. The van der Waals surface area contributed by atoms with Crippen molar-refractivity contribution in [2.75, 3.05) is 0 Å². The number of nitrogens with zero attached hydrogens (tertiary/aromatic N) is 2. The van der Waals surface area contributed by atoms with E-state index in [2.05, 4.69) is 4.98 Å². The van der Waals surface area contributed by atoms with Gasteiger partial charge in [-0.25, -0.2) is 4.98 Å². The summed E-state index contributed by atoms with van der Waals surface area (Å²) in [5, 5.41) is 1.43. The molecule has 1 aromatic heterocycles. The van der Waals surface area contributed by atoms with Crippen molar-refractivity contribution in [3.05, 3.63) is 46.2 Å². The Labute approximate surface area is 125 Å². The molecule has 1 unspecified atom stereocenters. The number of aromatic nitrogens is 2. The van der Waals surface area contributed by atoms with Crippen LogP contribution in [0.3, 0.4) is 0 Å². The van der Waals surface area contributed by atoms with Gasteiger partial charge in [0.2, 0.25) is 0 Å². The summed E-state index contributed by atoms with van der Waals surface area (Å²) in [6, 6.07) is 4.90. The van der Waals surface area contributed by atoms with Gasteiger partial charge in [-0.1, -0.05) is 35.0 Å². The first-order chi connectivity index (χ1) is 8.99. The van der Waals surface area contributed by atoms with Crippen molar-refractivity contribution in [3.63, 3.8) is 0 Å². The second-order valence-corrected chi connectivity index (χ2v) is 6.22. The summed E-state index contributed by atoms with van der Waals surface area (Å²) < 4.78 is 1.87. The summed E-state index contributed by atoms with van der Waals surface area (Å²) >= 11 is 13.3. The number of hydrogen-bond donors (Lipinski definition) is 0. The van der Waals surface area contributed by atoms with Gasteiger partial charge in [-0.05, 0) is 25.1 Å². The van der Waals surface area contributed by atoms with Crippen LogP contribution in [0.25, 0.3) is 0 Å². The molecule has 6 heteroatoms. The smallest absolute Gasteiger partial charge is 0.177 e. The third-order valence-corrected chi connectivity index (χ3v) is 4.34. The third kappa shape index (κ3) is 3.32. The number of hydrogen-bond acceptors (Lipinski definition) is 3. The molecule has 19 heavy (non-hydrogen) atoms. The van der Waals surface area contributed by atoms with Gasteiger partial charge in [0, 0.05) is 30.0 Å². The highest BCUT2D eigenvalue weighted by Gasteiger charge is 2.20. The fourth-order valence-electron chi connectivity index (χ4n) is 1.59. The predicted molar refractivity (Wildman–Crippen MR) is 79.3 cm³/mol. The van der Waals surface area contributed by atoms with Gasteiger partial charge >= 0.3 is 0 Å². The number of carbonyl (C=O) groups excluding carboxylic acids is 1. The number of carbonyl (C=O) groups is 1. The quantitative estimate of drug-likeness (QED) is 0.629. The molecule has 0 spiro atoms. The van der Waals surface area contributed by atoms with Crippen molar-refractivity contribution in [2.45, 2.75) is 17.3 Å². The number of thioether (sulfide) groups is 1. The van der Waals surface area contributed by atoms with Gasteiger partial charge in [-0.2, -0.15) is 0 Å². The van der Waals surface area contributed by atoms with Crippen molar-refractivity contribution >= 4 is 40.7 Å². The Bertz CT molecular complexity index is 612. The Morgan fingerprint density at radius 2 is 2.16 bits per heavy atom. The van der Waals surface area contributed by atoms with E-state index < -0.39 is 0 Å². The molecule has 2 rings (SSSR count). The number of rotatable bonds is 4. The van der Waals surface area contributed by atoms with Crippen LogP contribution in [0.1, 0.15) is 17.3 Å². The lowest BCUT2D eigenvalue weighted by molar-refractivity contribution is 0.0994. The Hall–Kier alpha value is -0.970. The maximum Gasteiger partial charge on any atom is 0.177 e. The number of halogens is 2. The van der Waals surface area contributed by atoms with E-state index in [0.29, 0.717) is 15.6 Å². The molecule has 0 aliphatic heterocycles. The van der Waals surface area contributed by atoms with Gasteiger partial charge in [0.15, 0.2) is 10.9 Å². The molecule has 0 aliphatic rings. The van der Waals surface area contributed by atoms with Gasteiger partial charge < -0.3 is 4.57 Å². The van der Waals surface area contributed by atoms with Gasteiger partial charge in [0.1, 0.15) is 0 Å². The molecule has 100 valence electrons. The van der Waals surface area contributed by atoms with E-state index in [4.69, 9.17) is 23.2 Å². The van der Waals surface area contributed by atoms with E-state index >= 15 is 0 Å². The minimum atomic E-state index is -0.264. The van der Waals surface area contributed by atoms with E-state index in [1.807, 2.05) is 24.7 Å². The van der Waals surface area contributed by atoms with Gasteiger partial charge in [0.05, 0.1) is 10.3 Å². The molecule has 3 nitrogen and oxygen atoms in total. The summed E-state index contributed by atoms with van der Waals surface area (Å²) in [4.78, 5) is 16.5. The zero-order valence-electron chi connectivity index (χ0n) is 10.4. The Morgan fingerprint density at radius 1 is 1.42 bits per heavy atom. The predicted octanol–water partition coefficient (Wildman–Crippen LogP) is 4.09. The molecule has 0 saturated carbocycles. The van der Waals surface area contributed by atoms with Crippen molar-refractivity contribution < 1.29 is 4.79 Å². The Balaban J connectivity index is 2.17. The zero-order chi connectivity index (χ0) is 14.0. The molecule has 0 aliphatic carbocycles. The van der Waals surface area contributed by atoms with Crippen molar-refractivity contribution in [1.82, 2.24) is 9.55 Å². The summed E-state index contributed by atoms with van der Waals surface area (Å²) in [6.45, 7) is 1.84. The van der Waals surface area contributed by atoms with Crippen LogP contribution in [0.15, 0.2) is 35.7 Å². The van der Waals surface area contributed by atoms with Crippen LogP contribution < -0.4 is 0 Å². The van der Waals surface area contributed by atoms with Crippen LogP contribution in [0.4, 0.5) is 0 Å². The normalized spacial score (nSPS) is 12.4. The lowest BCUT2D eigenvalue weighted by atomic mass is 10.1. The van der Waals surface area contributed by atoms with E-state index in [0.717, 1.165) is 5.16 Å². The topological polar surface area (TPSA) is 34.9 Å². The molecule has 2 aromatic rings. The first kappa shape index (κ1) is 14.4. The number of ketones is 1. The lowest BCUT2D eigenvalue weighted by Gasteiger charge is -2.11. The fraction of sp³-hybridized carbons (Fsp3) is 0.231. The monoisotopic (exact) mass is 314 g/mol. The van der Waals surface area contributed by atoms with Crippen LogP contribution in [-0.2, 0) is 7.05 Å². The van der Waals surface area contributed by atoms with Crippen LogP contribution in [-0.4, -0.2) is 20.6 Å². The highest BCUT2D eigenvalue weighted by molar-refractivity contribution is 8.00. The standard InChI is InChI=1S/C13H12Cl2N2OS/c1-8(19-13-16-5-6-17(13)2)12(18)10-4-3-9(14)7-11(10)15/h3-8H,1-2H3. The number of benzene rings is 1. The largest absolute Gasteiger partial charge is 0.329 e. The van der Waals surface area contributed by atoms with E-state index in [1.165, 1.54) is 11.8 Å². The third-order valence-electron chi connectivity index (χ3n) is 2.62. The van der Waals surface area contributed by atoms with Crippen LogP contribution >= 0.6 is 35.0 Å². The zero-order valence-corrected chi connectivity index (χ0v) is 12.8. The van der Waals surface area contributed by atoms with E-state index in [9.17, 15) is 4.79 Å². The first-order valence-electron chi connectivity index (χ1n) is 5.62. The van der Waals surface area contributed by atoms with Gasteiger partial charge in [-0.3, -0.25) is 4.79 Å². The molecular weight excluding hydrogens is 303 g/mol. The summed E-state index contributed by atoms with van der Waals surface area (Å²) in [5.41, 5.74) is 0.486. The van der Waals surface area contributed by atoms with Crippen LogP contribution in [0.2, 0.25) is 10.0 Å². The SMILES string of the molecule is CC(Sc1nccn1C)C(=O)c1ccc(Cl)cc1Cl. The van der Waals surface area contributed by atoms with Gasteiger partial charge in [-0.15, -0.1) is 0 Å². The molecule has 1 atom stereocenters. The van der Waals surface area contributed by atoms with E-state index in [-0.39, 0.29) is 11.0 Å². The average molecular weight is 315 g/mol. The summed E-state index contributed by atoms with van der Waals surface area (Å²) in [7, 11) is 1.89. The molecule has 0 fully saturated rings. The number of imidazole rings is 1. The molecule has 0 amide bonds. The highest BCUT2D eigenvalue weighted by Crippen LogP contribution is 2.28. The molecule has 0 N–H and O–H groups in total. The first-order valence-corrected chi connectivity index (χ1v) is 7.26. The maximum absolute atomic E-state index is 12.3. The summed E-state index contributed by atoms with van der Waals surface area (Å²) in [6.07, 6.45) is 3.55. The minimum absolute atomic E-state index is 0.0327. The Kier molecular flexibility index (Phi) is 4.55. The number of Topliss-reactive ketones (excluding diaryl/α,β-unsaturated/α-hetero) is 1. The summed E-state index contributed by atoms with van der Waals surface area (Å²) in [5.74, 6) is -0.0327. The Morgan fingerprint density at radius 3 is 2.74 bits per heavy atom. The molecule has 1 heterocycles. The highest BCUT2D eigenvalue weighted by atomic mass is 35.5. The molecular formula is C13H12Cl2N2OS. The maximum atomic E-state index is 12.3. The van der Waals surface area contributed by atoms with E-state index in [1.54, 1.807) is 24.4 Å². The van der Waals surface area contributed by atoms with Gasteiger partial charge in [0.25, 0.3) is 0 Å². The number of aryl methyl sites for hydroxylation is 1. The molecule has 0 radical (unpaired) electrons. The lowest BCUT2D eigenvalue weighted by Crippen LogP contribution is -2.14. The molecule has 0 bridgehead atoms. The fourth-order valence-corrected chi connectivity index (χ4v) is 2.99. The van der Waals surface area contributed by atoms with Crippen molar-refractivity contribution in [2.24, 2.45) is 7.05 Å². The van der Waals surface area contributed by atoms with Crippen molar-refractivity contribution in [3.8, 4) is 0 Å². The van der Waals surface area contributed by atoms with Crippen molar-refractivity contribution in [1.29, 1.82) is 0 Å². The second kappa shape index (κ2) is 5.99.